The van der Waals surface area contributed by atoms with Crippen LogP contribution in [0.3, 0.4) is 0 Å². The number of carbonyl (C=O) groups is 1. The number of aromatic nitrogens is 1. The minimum atomic E-state index is -0.149. The van der Waals surface area contributed by atoms with E-state index in [9.17, 15) is 4.79 Å². The molecule has 0 amide bonds. The molecule has 0 atom stereocenters. The Bertz CT molecular complexity index is 342. The van der Waals surface area contributed by atoms with Crippen LogP contribution in [-0.2, 0) is 11.3 Å². The number of rotatable bonds is 3. The maximum absolute atomic E-state index is 11.0. The number of carbonyl (C=O) groups excluding carboxylic acids is 1. The lowest BCUT2D eigenvalue weighted by Crippen LogP contribution is -2.35. The molecule has 2 rings (SSSR count). The van der Waals surface area contributed by atoms with Gasteiger partial charge in [0.25, 0.3) is 0 Å². The molecule has 0 N–H and O–H groups in total. The molecule has 1 aromatic rings. The second kappa shape index (κ2) is 5.21. The summed E-state index contributed by atoms with van der Waals surface area (Å²) in [4.78, 5) is 17.4. The van der Waals surface area contributed by atoms with E-state index in [0.717, 1.165) is 32.5 Å². The van der Waals surface area contributed by atoms with E-state index < -0.39 is 0 Å². The molecule has 1 aliphatic heterocycles. The predicted octanol–water partition coefficient (Wildman–Crippen LogP) is 1.57. The van der Waals surface area contributed by atoms with E-state index in [0.29, 0.717) is 0 Å². The van der Waals surface area contributed by atoms with Gasteiger partial charge in [-0.05, 0) is 43.6 Å². The zero-order chi connectivity index (χ0) is 11.4. The third-order valence-electron chi connectivity index (χ3n) is 3.15. The van der Waals surface area contributed by atoms with E-state index >= 15 is 0 Å². The van der Waals surface area contributed by atoms with Crippen LogP contribution in [0.15, 0.2) is 24.5 Å². The number of hydrogen-bond acceptors (Lipinski definition) is 3. The number of likely N-dealkylation sites (tertiary alicyclic amines) is 1. The number of nitrogens with zero attached hydrogens (tertiary/aromatic N) is 2. The fourth-order valence-corrected chi connectivity index (χ4v) is 2.12. The van der Waals surface area contributed by atoms with E-state index in [4.69, 9.17) is 6.92 Å². The van der Waals surface area contributed by atoms with Crippen LogP contribution >= 0.6 is 0 Å². The largest absolute Gasteiger partial charge is 0.299 e. The van der Waals surface area contributed by atoms with Crippen LogP contribution in [0, 0.1) is 12.8 Å². The molecule has 3 heteroatoms. The zero-order valence-corrected chi connectivity index (χ0v) is 9.30. The molecule has 3 nitrogen and oxygen atoms in total. The fourth-order valence-electron chi connectivity index (χ4n) is 2.12. The van der Waals surface area contributed by atoms with E-state index in [2.05, 4.69) is 9.88 Å². The summed E-state index contributed by atoms with van der Waals surface area (Å²) in [6, 6.07) is 4.06. The van der Waals surface area contributed by atoms with Crippen LogP contribution in [0.4, 0.5) is 0 Å². The van der Waals surface area contributed by atoms with Gasteiger partial charge in [0.05, 0.1) is 0 Å². The SMILES string of the molecule is [CH]C(=O)C1CCN(Cc2ccncc2)CC1. The van der Waals surface area contributed by atoms with Gasteiger partial charge in [-0.2, -0.15) is 0 Å². The van der Waals surface area contributed by atoms with Crippen molar-refractivity contribution in [2.75, 3.05) is 13.1 Å². The lowest BCUT2D eigenvalue weighted by atomic mass is 9.93. The summed E-state index contributed by atoms with van der Waals surface area (Å²) in [5.41, 5.74) is 1.27. The normalized spacial score (nSPS) is 18.6. The first-order valence-electron chi connectivity index (χ1n) is 5.66. The molecule has 1 aliphatic rings. The summed E-state index contributed by atoms with van der Waals surface area (Å²) >= 11 is 0. The van der Waals surface area contributed by atoms with Gasteiger partial charge >= 0.3 is 0 Å². The van der Waals surface area contributed by atoms with Crippen LogP contribution < -0.4 is 0 Å². The monoisotopic (exact) mass is 216 g/mol. The van der Waals surface area contributed by atoms with Crippen molar-refractivity contribution in [3.8, 4) is 0 Å². The average molecular weight is 216 g/mol. The molecule has 1 fully saturated rings. The minimum Gasteiger partial charge on any atom is -0.299 e. The third-order valence-corrected chi connectivity index (χ3v) is 3.15. The van der Waals surface area contributed by atoms with Gasteiger partial charge in [0.1, 0.15) is 5.78 Å². The van der Waals surface area contributed by atoms with Crippen LogP contribution in [0.2, 0.25) is 0 Å². The van der Waals surface area contributed by atoms with Gasteiger partial charge in [-0.15, -0.1) is 0 Å². The van der Waals surface area contributed by atoms with Crippen molar-refractivity contribution in [1.29, 1.82) is 0 Å². The number of hydrogen-bond donors (Lipinski definition) is 0. The Labute approximate surface area is 96.5 Å². The molecular weight excluding hydrogens is 200 g/mol. The maximum Gasteiger partial charge on any atom is 0.140 e. The summed E-state index contributed by atoms with van der Waals surface area (Å²) < 4.78 is 0. The number of ketones is 1. The molecule has 0 unspecified atom stereocenters. The summed E-state index contributed by atoms with van der Waals surface area (Å²) in [5.74, 6) is -0.0720. The predicted molar refractivity (Wildman–Crippen MR) is 61.5 cm³/mol. The first-order valence-corrected chi connectivity index (χ1v) is 5.66. The lowest BCUT2D eigenvalue weighted by molar-refractivity contribution is -0.119. The first kappa shape index (κ1) is 11.3. The third kappa shape index (κ3) is 2.89. The molecule has 1 aromatic heterocycles. The molecule has 0 aliphatic carbocycles. The van der Waals surface area contributed by atoms with Crippen LogP contribution in [0.5, 0.6) is 0 Å². The minimum absolute atomic E-state index is 0.0775. The van der Waals surface area contributed by atoms with Gasteiger partial charge in [-0.3, -0.25) is 14.7 Å². The van der Waals surface area contributed by atoms with Crippen molar-refractivity contribution >= 4 is 5.78 Å². The fraction of sp³-hybridized carbons (Fsp3) is 0.462. The van der Waals surface area contributed by atoms with Crippen LogP contribution in [0.25, 0.3) is 0 Å². The van der Waals surface area contributed by atoms with E-state index in [1.165, 1.54) is 5.56 Å². The molecule has 2 heterocycles. The topological polar surface area (TPSA) is 33.2 Å². The molecule has 2 radical (unpaired) electrons. The van der Waals surface area contributed by atoms with Crippen molar-refractivity contribution in [1.82, 2.24) is 9.88 Å². The number of Topliss-reactive ketones (excluding diaryl/α,β-unsaturated/α-hetero) is 1. The van der Waals surface area contributed by atoms with Gasteiger partial charge in [-0.25, -0.2) is 0 Å². The summed E-state index contributed by atoms with van der Waals surface area (Å²) in [7, 11) is 0. The molecule has 0 saturated carbocycles. The van der Waals surface area contributed by atoms with E-state index in [-0.39, 0.29) is 11.7 Å². The standard InChI is InChI=1S/C13H16N2O/c1-11(16)13-4-8-15(9-5-13)10-12-2-6-14-7-3-12/h1-3,6-7,13H,4-5,8-10H2. The zero-order valence-electron chi connectivity index (χ0n) is 9.30. The van der Waals surface area contributed by atoms with Crippen LogP contribution in [0.1, 0.15) is 18.4 Å². The smallest absolute Gasteiger partial charge is 0.140 e. The quantitative estimate of drug-likeness (QED) is 0.769. The Morgan fingerprint density at radius 3 is 2.56 bits per heavy atom. The number of piperidine rings is 1. The maximum atomic E-state index is 11.0. The Morgan fingerprint density at radius 1 is 1.38 bits per heavy atom. The van der Waals surface area contributed by atoms with Crippen molar-refractivity contribution in [3.63, 3.8) is 0 Å². The van der Waals surface area contributed by atoms with Gasteiger partial charge in [0, 0.05) is 31.8 Å². The second-order valence-electron chi connectivity index (χ2n) is 4.31. The Kier molecular flexibility index (Phi) is 3.67. The van der Waals surface area contributed by atoms with Crippen LogP contribution in [-0.4, -0.2) is 28.8 Å². The first-order chi connectivity index (χ1) is 7.75. The summed E-state index contributed by atoms with van der Waals surface area (Å²) in [6.07, 6.45) is 5.40. The molecular formula is C13H16N2O. The highest BCUT2D eigenvalue weighted by Crippen LogP contribution is 2.19. The van der Waals surface area contributed by atoms with E-state index in [1.807, 2.05) is 24.5 Å². The Balaban J connectivity index is 1.84. The molecule has 0 aromatic carbocycles. The number of pyridine rings is 1. The van der Waals surface area contributed by atoms with E-state index in [1.54, 1.807) is 0 Å². The summed E-state index contributed by atoms with van der Waals surface area (Å²) in [6.45, 7) is 8.15. The Hall–Kier alpha value is -1.22. The van der Waals surface area contributed by atoms with Gasteiger partial charge in [0.2, 0.25) is 0 Å². The average Bonchev–Trinajstić information content (AvgIpc) is 2.31. The van der Waals surface area contributed by atoms with Crippen molar-refractivity contribution in [2.24, 2.45) is 5.92 Å². The molecule has 0 bridgehead atoms. The molecule has 0 spiro atoms. The van der Waals surface area contributed by atoms with Crippen molar-refractivity contribution in [3.05, 3.63) is 37.0 Å². The van der Waals surface area contributed by atoms with Gasteiger partial charge < -0.3 is 0 Å². The molecule has 84 valence electrons. The highest BCUT2D eigenvalue weighted by Gasteiger charge is 2.22. The van der Waals surface area contributed by atoms with Gasteiger partial charge in [0.15, 0.2) is 0 Å². The van der Waals surface area contributed by atoms with Crippen molar-refractivity contribution < 1.29 is 4.79 Å². The molecule has 1 saturated heterocycles. The Morgan fingerprint density at radius 2 is 2.00 bits per heavy atom. The lowest BCUT2D eigenvalue weighted by Gasteiger charge is -2.30. The highest BCUT2D eigenvalue weighted by atomic mass is 16.1. The van der Waals surface area contributed by atoms with Gasteiger partial charge in [-0.1, -0.05) is 0 Å². The second-order valence-corrected chi connectivity index (χ2v) is 4.31. The summed E-state index contributed by atoms with van der Waals surface area (Å²) in [5, 5.41) is 0. The molecule has 16 heavy (non-hydrogen) atoms. The highest BCUT2D eigenvalue weighted by molar-refractivity contribution is 5.84. The van der Waals surface area contributed by atoms with Crippen molar-refractivity contribution in [2.45, 2.75) is 19.4 Å².